The zero-order valence-electron chi connectivity index (χ0n) is 15.6. The van der Waals surface area contributed by atoms with E-state index in [0.717, 1.165) is 45.8 Å². The highest BCUT2D eigenvalue weighted by Gasteiger charge is 2.35. The maximum absolute atomic E-state index is 5.36. The molecule has 0 heterocycles. The Hall–Kier alpha value is 0.110. The molecule has 0 spiro atoms. The van der Waals surface area contributed by atoms with Gasteiger partial charge in [-0.15, -0.1) is 0 Å². The number of hydrogen-bond acceptors (Lipinski definition) is 1. The van der Waals surface area contributed by atoms with Gasteiger partial charge in [0.1, 0.15) is 0 Å². The maximum atomic E-state index is 5.36. The molecule has 0 aromatic rings. The molecule has 0 aromatic heterocycles. The van der Waals surface area contributed by atoms with E-state index >= 15 is 0 Å². The van der Waals surface area contributed by atoms with Crippen molar-refractivity contribution in [2.24, 2.45) is 4.74 Å². The Labute approximate surface area is 134 Å². The van der Waals surface area contributed by atoms with Crippen LogP contribution < -0.4 is 0 Å². The topological polar surface area (TPSA) is 22.1 Å². The van der Waals surface area contributed by atoms with Crippen LogP contribution in [-0.4, -0.2) is 59.8 Å². The molecule has 0 unspecified atom stereocenters. The maximum Gasteiger partial charge on any atom is 0.167 e. The van der Waals surface area contributed by atoms with Crippen LogP contribution in [0.25, 0.3) is 0 Å². The van der Waals surface area contributed by atoms with Gasteiger partial charge in [-0.3, -0.25) is 4.74 Å². The molecule has 0 aliphatic rings. The monoisotopic (exact) mass is 318 g/mol. The van der Waals surface area contributed by atoms with E-state index in [-0.39, 0.29) is 0 Å². The van der Waals surface area contributed by atoms with E-state index in [1.807, 2.05) is 0 Å². The summed E-state index contributed by atoms with van der Waals surface area (Å²) in [4.78, 5) is 0. The highest BCUT2D eigenvalue weighted by molar-refractivity contribution is 7.59. The van der Waals surface area contributed by atoms with Crippen molar-refractivity contribution in [3.63, 3.8) is 0 Å². The molecule has 0 saturated carbocycles. The van der Waals surface area contributed by atoms with Gasteiger partial charge in [-0.05, 0) is 6.42 Å². The van der Waals surface area contributed by atoms with Crippen molar-refractivity contribution >= 4 is 7.51 Å². The lowest BCUT2D eigenvalue weighted by Crippen LogP contribution is -2.41. The Morgan fingerprint density at radius 3 is 1.19 bits per heavy atom. The third-order valence-electron chi connectivity index (χ3n) is 4.13. The quantitative estimate of drug-likeness (QED) is 0.383. The van der Waals surface area contributed by atoms with E-state index in [4.69, 9.17) is 4.74 Å². The number of nitrogens with zero attached hydrogens (tertiary/aromatic N) is 4. The van der Waals surface area contributed by atoms with Crippen molar-refractivity contribution in [3.05, 3.63) is 0 Å². The highest BCUT2D eigenvalue weighted by Crippen LogP contribution is 2.59. The molecule has 0 aliphatic carbocycles. The summed E-state index contributed by atoms with van der Waals surface area (Å²) in [6.07, 6.45) is 2.42. The molecule has 128 valence electrons. The summed E-state index contributed by atoms with van der Waals surface area (Å²) < 4.78 is 13.2. The van der Waals surface area contributed by atoms with Crippen molar-refractivity contribution < 1.29 is 0 Å². The second kappa shape index (κ2) is 11.6. The summed E-state index contributed by atoms with van der Waals surface area (Å²) >= 11 is 0. The summed E-state index contributed by atoms with van der Waals surface area (Å²) in [5, 5.41) is 0. The predicted molar refractivity (Wildman–Crippen MR) is 97.9 cm³/mol. The first kappa shape index (κ1) is 21.1. The van der Waals surface area contributed by atoms with Crippen molar-refractivity contribution in [1.29, 1.82) is 0 Å². The predicted octanol–water partition coefficient (Wildman–Crippen LogP) is 4.76. The van der Waals surface area contributed by atoms with Gasteiger partial charge in [-0.25, -0.2) is 14.0 Å². The number of unbranched alkanes of at least 4 members (excludes halogenated alkanes) is 1. The fourth-order valence-corrected chi connectivity index (χ4v) is 7.27. The summed E-state index contributed by atoms with van der Waals surface area (Å²) in [6, 6.07) is 0. The lowest BCUT2D eigenvalue weighted by Gasteiger charge is -2.48. The first-order valence-electron chi connectivity index (χ1n) is 8.96. The summed E-state index contributed by atoms with van der Waals surface area (Å²) in [6.45, 7) is 23.4. The highest BCUT2D eigenvalue weighted by atomic mass is 31.2. The third kappa shape index (κ3) is 5.06. The molecule has 0 aromatic carbocycles. The van der Waals surface area contributed by atoms with Gasteiger partial charge in [0.05, 0.1) is 0 Å². The van der Waals surface area contributed by atoms with Crippen molar-refractivity contribution in [2.45, 2.75) is 61.3 Å². The minimum Gasteiger partial charge on any atom is -0.261 e. The van der Waals surface area contributed by atoms with Crippen molar-refractivity contribution in [3.8, 4) is 0 Å². The standard InChI is InChI=1S/C16H39N4P/c1-8-15-16-17-21(18(9-2)10-3,19(11-4)12-5)20(13-6)14-7/h8-16H2,1-7H3. The van der Waals surface area contributed by atoms with E-state index in [9.17, 15) is 0 Å². The smallest absolute Gasteiger partial charge is 0.167 e. The van der Waals surface area contributed by atoms with Crippen LogP contribution in [-0.2, 0) is 0 Å². The average molecular weight is 318 g/mol. The molecule has 0 atom stereocenters. The van der Waals surface area contributed by atoms with E-state index in [2.05, 4.69) is 62.5 Å². The lowest BCUT2D eigenvalue weighted by atomic mass is 10.3. The second-order valence-electron chi connectivity index (χ2n) is 5.17. The van der Waals surface area contributed by atoms with Gasteiger partial charge in [-0.1, -0.05) is 54.9 Å². The van der Waals surface area contributed by atoms with Crippen LogP contribution in [0.1, 0.15) is 61.3 Å². The molecular formula is C16H39N4P. The van der Waals surface area contributed by atoms with Crippen LogP contribution in [0.5, 0.6) is 0 Å². The van der Waals surface area contributed by atoms with Gasteiger partial charge in [0, 0.05) is 45.8 Å². The summed E-state index contributed by atoms with van der Waals surface area (Å²) in [5.74, 6) is 0. The van der Waals surface area contributed by atoms with Crippen LogP contribution in [0.4, 0.5) is 0 Å². The first-order chi connectivity index (χ1) is 10.1. The van der Waals surface area contributed by atoms with Crippen LogP contribution in [0.2, 0.25) is 0 Å². The molecule has 0 aliphatic heterocycles. The van der Waals surface area contributed by atoms with Gasteiger partial charge in [0.15, 0.2) is 7.51 Å². The average Bonchev–Trinajstić information content (AvgIpc) is 2.50. The van der Waals surface area contributed by atoms with E-state index < -0.39 is 7.51 Å². The van der Waals surface area contributed by atoms with E-state index in [0.29, 0.717) is 0 Å². The molecule has 0 rings (SSSR count). The Balaban J connectivity index is 5.97. The van der Waals surface area contributed by atoms with Gasteiger partial charge in [0.2, 0.25) is 0 Å². The first-order valence-corrected chi connectivity index (χ1v) is 10.6. The summed E-state index contributed by atoms with van der Waals surface area (Å²) in [7, 11) is -1.73. The number of hydrogen-bond donors (Lipinski definition) is 0. The fourth-order valence-electron chi connectivity index (χ4n) is 2.98. The van der Waals surface area contributed by atoms with Gasteiger partial charge >= 0.3 is 0 Å². The van der Waals surface area contributed by atoms with Gasteiger partial charge in [-0.2, -0.15) is 0 Å². The van der Waals surface area contributed by atoms with Gasteiger partial charge < -0.3 is 0 Å². The Morgan fingerprint density at radius 2 is 0.952 bits per heavy atom. The minimum atomic E-state index is -1.73. The SMILES string of the molecule is CCCCN=P(N(CC)CC)(N(CC)CC)N(CC)CC. The Kier molecular flexibility index (Phi) is 11.7. The number of rotatable bonds is 12. The van der Waals surface area contributed by atoms with E-state index in [1.54, 1.807) is 0 Å². The van der Waals surface area contributed by atoms with Crippen molar-refractivity contribution in [1.82, 2.24) is 14.0 Å². The molecule has 0 N–H and O–H groups in total. The lowest BCUT2D eigenvalue weighted by molar-refractivity contribution is 0.338. The summed E-state index contributed by atoms with van der Waals surface area (Å²) in [5.41, 5.74) is 0. The molecule has 0 fully saturated rings. The molecule has 0 saturated heterocycles. The molecule has 0 amide bonds. The second-order valence-corrected chi connectivity index (χ2v) is 8.23. The van der Waals surface area contributed by atoms with Gasteiger partial charge in [0.25, 0.3) is 0 Å². The van der Waals surface area contributed by atoms with Crippen molar-refractivity contribution in [2.75, 3.05) is 45.8 Å². The van der Waals surface area contributed by atoms with E-state index in [1.165, 1.54) is 12.8 Å². The molecule has 21 heavy (non-hydrogen) atoms. The zero-order chi connectivity index (χ0) is 16.3. The van der Waals surface area contributed by atoms with Crippen LogP contribution in [0, 0.1) is 0 Å². The van der Waals surface area contributed by atoms with Crippen LogP contribution in [0.3, 0.4) is 0 Å². The normalized spacial score (nSPS) is 12.7. The van der Waals surface area contributed by atoms with Crippen LogP contribution in [0.15, 0.2) is 4.74 Å². The minimum absolute atomic E-state index is 0.994. The molecular weight excluding hydrogens is 279 g/mol. The molecule has 0 radical (unpaired) electrons. The Morgan fingerprint density at radius 1 is 0.619 bits per heavy atom. The molecule has 5 heteroatoms. The molecule has 4 nitrogen and oxygen atoms in total. The molecule has 0 bridgehead atoms. The zero-order valence-corrected chi connectivity index (χ0v) is 16.5. The Bertz CT molecular complexity index is 257. The fraction of sp³-hybridized carbons (Fsp3) is 1.00. The largest absolute Gasteiger partial charge is 0.261 e. The van der Waals surface area contributed by atoms with Crippen LogP contribution >= 0.6 is 7.51 Å². The third-order valence-corrected chi connectivity index (χ3v) is 8.68.